The first-order chi connectivity index (χ1) is 8.77. The molecule has 0 saturated heterocycles. The number of carbonyl (C=O) groups excluding carboxylic acids is 1. The highest BCUT2D eigenvalue weighted by Crippen LogP contribution is 2.36. The van der Waals surface area contributed by atoms with Gasteiger partial charge in [-0.1, -0.05) is 18.2 Å². The lowest BCUT2D eigenvalue weighted by atomic mass is 9.98. The molecule has 0 spiro atoms. The number of likely N-dealkylation sites (N-methyl/N-ethyl adjacent to an activating group) is 1. The summed E-state index contributed by atoms with van der Waals surface area (Å²) >= 11 is 0. The lowest BCUT2D eigenvalue weighted by Gasteiger charge is -2.35. The number of hydrogen-bond acceptors (Lipinski definition) is 2. The van der Waals surface area contributed by atoms with E-state index >= 15 is 0 Å². The molecule has 4 rings (SSSR count). The van der Waals surface area contributed by atoms with Gasteiger partial charge in [0, 0.05) is 19.0 Å². The van der Waals surface area contributed by atoms with Gasteiger partial charge in [-0.2, -0.15) is 0 Å². The first-order valence-corrected chi connectivity index (χ1v) is 6.38. The third-order valence-electron chi connectivity index (χ3n) is 4.09. The maximum atomic E-state index is 12.4. The minimum Gasteiger partial charge on any atom is -0.325 e. The number of nitrogens with one attached hydrogen (secondary N) is 1. The van der Waals surface area contributed by atoms with Gasteiger partial charge in [0.15, 0.2) is 0 Å². The van der Waals surface area contributed by atoms with Gasteiger partial charge in [0.25, 0.3) is 0 Å². The molecular weight excluding hydrogens is 226 g/mol. The lowest BCUT2D eigenvalue weighted by molar-refractivity contribution is 0.192. The van der Waals surface area contributed by atoms with Gasteiger partial charge in [-0.15, -0.1) is 0 Å². The van der Waals surface area contributed by atoms with Gasteiger partial charge >= 0.3 is 6.03 Å². The Balaban J connectivity index is 2.14. The quantitative estimate of drug-likeness (QED) is 0.763. The molecule has 1 aromatic carbocycles. The standard InChI is InChI=1S/C14H15N3O/c1-16-8-11-13-10(6-7-15-11)9-4-2-3-5-12(9)17(13)14(16)18/h2-5,11,15H,6-8H2,1H3. The Morgan fingerprint density at radius 1 is 1.33 bits per heavy atom. The fourth-order valence-corrected chi connectivity index (χ4v) is 3.30. The first-order valence-electron chi connectivity index (χ1n) is 6.38. The number of fused-ring (bicyclic) bond motifs is 3. The Morgan fingerprint density at radius 3 is 3.06 bits per heavy atom. The summed E-state index contributed by atoms with van der Waals surface area (Å²) in [5.74, 6) is 0. The summed E-state index contributed by atoms with van der Waals surface area (Å²) < 4.78 is 1.89. The SMILES string of the molecule is CN1CC2NCCc3c2n(c2ccccc32)C1=O. The number of carbonyl (C=O) groups is 1. The Bertz CT molecular complexity index is 658. The van der Waals surface area contributed by atoms with Crippen LogP contribution in [0, 0.1) is 0 Å². The second-order valence-corrected chi connectivity index (χ2v) is 5.14. The zero-order valence-corrected chi connectivity index (χ0v) is 10.3. The summed E-state index contributed by atoms with van der Waals surface area (Å²) in [7, 11) is 1.87. The Kier molecular flexibility index (Phi) is 1.89. The van der Waals surface area contributed by atoms with Gasteiger partial charge < -0.3 is 10.2 Å². The van der Waals surface area contributed by atoms with Crippen molar-refractivity contribution in [3.8, 4) is 0 Å². The maximum absolute atomic E-state index is 12.4. The van der Waals surface area contributed by atoms with Crippen molar-refractivity contribution in [2.24, 2.45) is 0 Å². The molecule has 92 valence electrons. The van der Waals surface area contributed by atoms with E-state index in [-0.39, 0.29) is 12.1 Å². The minimum atomic E-state index is 0.0902. The predicted molar refractivity (Wildman–Crippen MR) is 69.8 cm³/mol. The van der Waals surface area contributed by atoms with Crippen molar-refractivity contribution < 1.29 is 4.79 Å². The number of benzene rings is 1. The van der Waals surface area contributed by atoms with Crippen molar-refractivity contribution in [2.45, 2.75) is 12.5 Å². The van der Waals surface area contributed by atoms with E-state index < -0.39 is 0 Å². The highest BCUT2D eigenvalue weighted by molar-refractivity contribution is 5.96. The van der Waals surface area contributed by atoms with E-state index in [4.69, 9.17) is 0 Å². The van der Waals surface area contributed by atoms with E-state index in [9.17, 15) is 4.79 Å². The smallest absolute Gasteiger partial charge is 0.325 e. The number of hydrogen-bond donors (Lipinski definition) is 1. The molecule has 3 heterocycles. The zero-order chi connectivity index (χ0) is 12.3. The molecule has 0 aliphatic carbocycles. The summed E-state index contributed by atoms with van der Waals surface area (Å²) in [6.07, 6.45) is 1.01. The van der Waals surface area contributed by atoms with Gasteiger partial charge in [-0.3, -0.25) is 4.57 Å². The zero-order valence-electron chi connectivity index (χ0n) is 10.3. The summed E-state index contributed by atoms with van der Waals surface area (Å²) in [5.41, 5.74) is 3.59. The van der Waals surface area contributed by atoms with Crippen LogP contribution in [0.3, 0.4) is 0 Å². The highest BCUT2D eigenvalue weighted by Gasteiger charge is 2.35. The van der Waals surface area contributed by atoms with Crippen molar-refractivity contribution >= 4 is 16.9 Å². The van der Waals surface area contributed by atoms with Crippen LogP contribution in [0.25, 0.3) is 10.9 Å². The van der Waals surface area contributed by atoms with Gasteiger partial charge in [-0.05, 0) is 24.6 Å². The van der Waals surface area contributed by atoms with Crippen molar-refractivity contribution in [3.63, 3.8) is 0 Å². The molecule has 0 fully saturated rings. The lowest BCUT2D eigenvalue weighted by Crippen LogP contribution is -2.47. The maximum Gasteiger partial charge on any atom is 0.328 e. The van der Waals surface area contributed by atoms with E-state index in [1.54, 1.807) is 4.90 Å². The van der Waals surface area contributed by atoms with Crippen LogP contribution in [0.2, 0.25) is 0 Å². The Hall–Kier alpha value is -1.81. The molecule has 0 bridgehead atoms. The van der Waals surface area contributed by atoms with E-state index in [1.165, 1.54) is 16.6 Å². The first kappa shape index (κ1) is 10.1. The molecule has 1 atom stereocenters. The van der Waals surface area contributed by atoms with Crippen LogP contribution < -0.4 is 5.32 Å². The summed E-state index contributed by atoms with van der Waals surface area (Å²) in [6.45, 7) is 1.76. The normalized spacial score (nSPS) is 22.4. The van der Waals surface area contributed by atoms with Gasteiger partial charge in [0.05, 0.1) is 17.3 Å². The van der Waals surface area contributed by atoms with Crippen molar-refractivity contribution in [1.82, 2.24) is 14.8 Å². The monoisotopic (exact) mass is 241 g/mol. The van der Waals surface area contributed by atoms with Gasteiger partial charge in [-0.25, -0.2) is 4.79 Å². The molecule has 1 amide bonds. The molecule has 2 aliphatic heterocycles. The second-order valence-electron chi connectivity index (χ2n) is 5.14. The second kappa shape index (κ2) is 3.36. The fraction of sp³-hybridized carbons (Fsp3) is 0.357. The van der Waals surface area contributed by atoms with E-state index in [0.29, 0.717) is 0 Å². The van der Waals surface area contributed by atoms with Crippen molar-refractivity contribution in [3.05, 3.63) is 35.5 Å². The fourth-order valence-electron chi connectivity index (χ4n) is 3.30. The van der Waals surface area contributed by atoms with Gasteiger partial charge in [0.1, 0.15) is 0 Å². The van der Waals surface area contributed by atoms with Crippen LogP contribution in [-0.2, 0) is 6.42 Å². The van der Waals surface area contributed by atoms with Crippen LogP contribution in [0.15, 0.2) is 24.3 Å². The molecular formula is C14H15N3O. The average Bonchev–Trinajstić information content (AvgIpc) is 2.73. The number of para-hydroxylation sites is 1. The molecule has 2 aromatic rings. The average molecular weight is 241 g/mol. The van der Waals surface area contributed by atoms with E-state index in [0.717, 1.165) is 25.0 Å². The molecule has 0 radical (unpaired) electrons. The Morgan fingerprint density at radius 2 is 2.17 bits per heavy atom. The molecule has 1 aromatic heterocycles. The van der Waals surface area contributed by atoms with E-state index in [1.807, 2.05) is 23.7 Å². The molecule has 4 heteroatoms. The van der Waals surface area contributed by atoms with Crippen LogP contribution in [-0.4, -0.2) is 35.6 Å². The summed E-state index contributed by atoms with van der Waals surface area (Å²) in [6, 6.07) is 8.60. The molecule has 18 heavy (non-hydrogen) atoms. The Labute approximate surface area is 105 Å². The summed E-state index contributed by atoms with van der Waals surface area (Å²) in [4.78, 5) is 14.2. The van der Waals surface area contributed by atoms with Gasteiger partial charge in [0.2, 0.25) is 0 Å². The molecule has 1 N–H and O–H groups in total. The summed E-state index contributed by atoms with van der Waals surface area (Å²) in [5, 5.41) is 4.75. The molecule has 1 unspecified atom stereocenters. The highest BCUT2D eigenvalue weighted by atomic mass is 16.2. The van der Waals surface area contributed by atoms with Crippen molar-refractivity contribution in [1.29, 1.82) is 0 Å². The predicted octanol–water partition coefficient (Wildman–Crippen LogP) is 1.74. The third kappa shape index (κ3) is 1.11. The number of amides is 1. The molecule has 2 aliphatic rings. The third-order valence-corrected chi connectivity index (χ3v) is 4.09. The van der Waals surface area contributed by atoms with Crippen LogP contribution in [0.4, 0.5) is 4.79 Å². The van der Waals surface area contributed by atoms with E-state index in [2.05, 4.69) is 17.4 Å². The minimum absolute atomic E-state index is 0.0902. The largest absolute Gasteiger partial charge is 0.328 e. The van der Waals surface area contributed by atoms with Crippen LogP contribution >= 0.6 is 0 Å². The molecule has 0 saturated carbocycles. The van der Waals surface area contributed by atoms with Crippen molar-refractivity contribution in [2.75, 3.05) is 20.1 Å². The van der Waals surface area contributed by atoms with Crippen LogP contribution in [0.1, 0.15) is 17.3 Å². The molecule has 4 nitrogen and oxygen atoms in total. The van der Waals surface area contributed by atoms with Crippen LogP contribution in [0.5, 0.6) is 0 Å². The topological polar surface area (TPSA) is 37.3 Å². The number of aromatic nitrogens is 1. The number of nitrogens with zero attached hydrogens (tertiary/aromatic N) is 2. The number of rotatable bonds is 0.